The van der Waals surface area contributed by atoms with Crippen LogP contribution < -0.4 is 0 Å². The summed E-state index contributed by atoms with van der Waals surface area (Å²) in [5.74, 6) is 0.0847. The molecule has 0 saturated carbocycles. The first-order valence-corrected chi connectivity index (χ1v) is 7.45. The van der Waals surface area contributed by atoms with Gasteiger partial charge in [-0.05, 0) is 12.5 Å². The summed E-state index contributed by atoms with van der Waals surface area (Å²) in [6.07, 6.45) is 1.90. The lowest BCUT2D eigenvalue weighted by atomic mass is 10.1. The Hall–Kier alpha value is -2.21. The molecule has 2 heterocycles. The fraction of sp³-hybridized carbons (Fsp3) is 0.438. The maximum Gasteiger partial charge on any atom is 0.228 e. The zero-order valence-electron chi connectivity index (χ0n) is 12.8. The normalized spacial score (nSPS) is 21.8. The Balaban J connectivity index is 1.71. The number of aromatic nitrogens is 3. The number of amides is 1. The predicted molar refractivity (Wildman–Crippen MR) is 81.0 cm³/mol. The topological polar surface area (TPSA) is 60.2 Å². The van der Waals surface area contributed by atoms with Gasteiger partial charge in [0.25, 0.3) is 0 Å². The molecule has 0 spiro atoms. The van der Waals surface area contributed by atoms with Gasteiger partial charge in [-0.15, -0.1) is 5.10 Å². The summed E-state index contributed by atoms with van der Waals surface area (Å²) in [6.45, 7) is 3.20. The molecule has 1 aromatic carbocycles. The Kier molecular flexibility index (Phi) is 4.20. The smallest absolute Gasteiger partial charge is 0.228 e. The Morgan fingerprint density at radius 3 is 2.77 bits per heavy atom. The summed E-state index contributed by atoms with van der Waals surface area (Å²) in [7, 11) is 1.80. The van der Waals surface area contributed by atoms with Gasteiger partial charge in [-0.2, -0.15) is 0 Å². The summed E-state index contributed by atoms with van der Waals surface area (Å²) in [5, 5.41) is 7.68. The third-order valence-corrected chi connectivity index (χ3v) is 3.92. The first-order chi connectivity index (χ1) is 10.6. The van der Waals surface area contributed by atoms with Crippen molar-refractivity contribution in [1.29, 1.82) is 0 Å². The molecule has 3 rings (SSSR count). The highest BCUT2D eigenvalue weighted by Crippen LogP contribution is 2.25. The van der Waals surface area contributed by atoms with E-state index in [4.69, 9.17) is 4.74 Å². The lowest BCUT2D eigenvalue weighted by Gasteiger charge is -2.37. The average Bonchev–Trinajstić information content (AvgIpc) is 2.92. The van der Waals surface area contributed by atoms with Crippen molar-refractivity contribution < 1.29 is 9.53 Å². The van der Waals surface area contributed by atoms with E-state index in [9.17, 15) is 4.79 Å². The lowest BCUT2D eigenvalue weighted by Crippen LogP contribution is -2.46. The zero-order valence-corrected chi connectivity index (χ0v) is 12.8. The van der Waals surface area contributed by atoms with Crippen molar-refractivity contribution in [3.63, 3.8) is 0 Å². The van der Waals surface area contributed by atoms with Gasteiger partial charge in [-0.1, -0.05) is 35.5 Å². The second-order valence-corrected chi connectivity index (χ2v) is 5.67. The fourth-order valence-electron chi connectivity index (χ4n) is 2.74. The van der Waals surface area contributed by atoms with Crippen LogP contribution >= 0.6 is 0 Å². The van der Waals surface area contributed by atoms with Crippen LogP contribution in [0.3, 0.4) is 0 Å². The molecule has 22 heavy (non-hydrogen) atoms. The maximum atomic E-state index is 12.5. The van der Waals surface area contributed by atoms with E-state index in [1.807, 2.05) is 42.2 Å². The van der Waals surface area contributed by atoms with Gasteiger partial charge < -0.3 is 9.64 Å². The number of carbonyl (C=O) groups excluding carboxylic acids is 1. The first-order valence-electron chi connectivity index (χ1n) is 7.45. The fourth-order valence-corrected chi connectivity index (χ4v) is 2.74. The minimum absolute atomic E-state index is 0.0209. The highest BCUT2D eigenvalue weighted by atomic mass is 16.5. The third kappa shape index (κ3) is 3.17. The molecule has 1 aliphatic rings. The van der Waals surface area contributed by atoms with Gasteiger partial charge in [-0.25, -0.2) is 0 Å². The van der Waals surface area contributed by atoms with Crippen LogP contribution in [-0.2, 0) is 23.0 Å². The number of aryl methyl sites for hydroxylation is 1. The molecule has 116 valence electrons. The van der Waals surface area contributed by atoms with E-state index in [1.54, 1.807) is 17.9 Å². The number of nitrogens with zero attached hydrogens (tertiary/aromatic N) is 4. The summed E-state index contributed by atoms with van der Waals surface area (Å²) < 4.78 is 7.62. The zero-order chi connectivity index (χ0) is 15.5. The van der Waals surface area contributed by atoms with Crippen molar-refractivity contribution in [2.45, 2.75) is 25.6 Å². The van der Waals surface area contributed by atoms with Crippen LogP contribution in [0, 0.1) is 0 Å². The van der Waals surface area contributed by atoms with Gasteiger partial charge in [0.05, 0.1) is 31.0 Å². The minimum Gasteiger partial charge on any atom is -0.367 e. The molecule has 2 aromatic rings. The largest absolute Gasteiger partial charge is 0.367 e. The number of carbonyl (C=O) groups is 1. The summed E-state index contributed by atoms with van der Waals surface area (Å²) >= 11 is 0. The average molecular weight is 300 g/mol. The SMILES string of the molecule is CC1CN(C(=O)Cc2cnnn2C)CC(c2ccccc2)O1. The van der Waals surface area contributed by atoms with Gasteiger partial charge >= 0.3 is 0 Å². The van der Waals surface area contributed by atoms with Gasteiger partial charge in [0.1, 0.15) is 6.10 Å². The standard InChI is InChI=1S/C16H20N4O2/c1-12-10-20(16(21)8-14-9-17-18-19(14)2)11-15(22-12)13-6-4-3-5-7-13/h3-7,9,12,15H,8,10-11H2,1-2H3. The van der Waals surface area contributed by atoms with Crippen LogP contribution in [0.1, 0.15) is 24.3 Å². The Morgan fingerprint density at radius 1 is 1.32 bits per heavy atom. The second-order valence-electron chi connectivity index (χ2n) is 5.67. The number of hydrogen-bond donors (Lipinski definition) is 0. The van der Waals surface area contributed by atoms with Crippen molar-refractivity contribution in [3.05, 3.63) is 47.8 Å². The Bertz CT molecular complexity index is 641. The molecular weight excluding hydrogens is 280 g/mol. The number of ether oxygens (including phenoxy) is 1. The van der Waals surface area contributed by atoms with Gasteiger partial charge in [0.15, 0.2) is 0 Å². The van der Waals surface area contributed by atoms with E-state index >= 15 is 0 Å². The van der Waals surface area contributed by atoms with E-state index in [0.717, 1.165) is 11.3 Å². The quantitative estimate of drug-likeness (QED) is 0.858. The molecule has 0 aliphatic carbocycles. The minimum atomic E-state index is -0.0708. The molecule has 0 radical (unpaired) electrons. The van der Waals surface area contributed by atoms with Gasteiger partial charge in [0.2, 0.25) is 5.91 Å². The molecule has 0 N–H and O–H groups in total. The van der Waals surface area contributed by atoms with Crippen LogP contribution in [-0.4, -0.2) is 45.0 Å². The maximum absolute atomic E-state index is 12.5. The van der Waals surface area contributed by atoms with Crippen molar-refractivity contribution in [1.82, 2.24) is 19.9 Å². The van der Waals surface area contributed by atoms with Gasteiger partial charge in [-0.3, -0.25) is 9.48 Å². The van der Waals surface area contributed by atoms with E-state index in [0.29, 0.717) is 19.5 Å². The highest BCUT2D eigenvalue weighted by molar-refractivity contribution is 5.78. The summed E-state index contributed by atoms with van der Waals surface area (Å²) in [6, 6.07) is 10.0. The van der Waals surface area contributed by atoms with Crippen molar-refractivity contribution in [3.8, 4) is 0 Å². The third-order valence-electron chi connectivity index (χ3n) is 3.92. The van der Waals surface area contributed by atoms with E-state index < -0.39 is 0 Å². The van der Waals surface area contributed by atoms with Crippen molar-refractivity contribution in [2.24, 2.45) is 7.05 Å². The van der Waals surface area contributed by atoms with Crippen LogP contribution in [0.15, 0.2) is 36.5 Å². The molecule has 1 amide bonds. The Morgan fingerprint density at radius 2 is 2.09 bits per heavy atom. The molecule has 0 bridgehead atoms. The van der Waals surface area contributed by atoms with E-state index in [-0.39, 0.29) is 18.1 Å². The molecule has 1 aromatic heterocycles. The number of hydrogen-bond acceptors (Lipinski definition) is 4. The molecule has 2 atom stereocenters. The monoisotopic (exact) mass is 300 g/mol. The van der Waals surface area contributed by atoms with Gasteiger partial charge in [0, 0.05) is 13.6 Å². The molecular formula is C16H20N4O2. The molecule has 1 saturated heterocycles. The summed E-state index contributed by atoms with van der Waals surface area (Å²) in [5.41, 5.74) is 1.93. The predicted octanol–water partition coefficient (Wildman–Crippen LogP) is 1.35. The number of rotatable bonds is 3. The second kappa shape index (κ2) is 6.27. The number of morpholine rings is 1. The lowest BCUT2D eigenvalue weighted by molar-refractivity contribution is -0.144. The van der Waals surface area contributed by atoms with Crippen LogP contribution in [0.2, 0.25) is 0 Å². The highest BCUT2D eigenvalue weighted by Gasteiger charge is 2.29. The van der Waals surface area contributed by atoms with Crippen LogP contribution in [0.5, 0.6) is 0 Å². The Labute approximate surface area is 129 Å². The molecule has 6 heteroatoms. The van der Waals surface area contributed by atoms with Crippen molar-refractivity contribution >= 4 is 5.91 Å². The van der Waals surface area contributed by atoms with Crippen LogP contribution in [0.4, 0.5) is 0 Å². The van der Waals surface area contributed by atoms with Crippen molar-refractivity contribution in [2.75, 3.05) is 13.1 Å². The van der Waals surface area contributed by atoms with Crippen LogP contribution in [0.25, 0.3) is 0 Å². The van der Waals surface area contributed by atoms with E-state index in [2.05, 4.69) is 10.3 Å². The van der Waals surface area contributed by atoms with E-state index in [1.165, 1.54) is 0 Å². The first kappa shape index (κ1) is 14.7. The molecule has 1 fully saturated rings. The molecule has 2 unspecified atom stereocenters. The molecule has 1 aliphatic heterocycles. The molecule has 6 nitrogen and oxygen atoms in total. The summed E-state index contributed by atoms with van der Waals surface area (Å²) in [4.78, 5) is 14.4. The number of benzene rings is 1.